The number of carbonyl (C=O) groups is 1. The average Bonchev–Trinajstić information content (AvgIpc) is 3.12. The van der Waals surface area contributed by atoms with E-state index in [1.54, 1.807) is 16.2 Å². The number of amides is 1. The molecular weight excluding hydrogens is 334 g/mol. The van der Waals surface area contributed by atoms with Gasteiger partial charge in [-0.1, -0.05) is 19.3 Å². The number of ether oxygens (including phenoxy) is 1. The van der Waals surface area contributed by atoms with Crippen molar-refractivity contribution in [2.45, 2.75) is 70.9 Å². The van der Waals surface area contributed by atoms with E-state index >= 15 is 0 Å². The van der Waals surface area contributed by atoms with Gasteiger partial charge in [0.15, 0.2) is 0 Å². The zero-order valence-electron chi connectivity index (χ0n) is 15.2. The van der Waals surface area contributed by atoms with E-state index in [1.807, 2.05) is 20.8 Å². The minimum atomic E-state index is -0.301. The van der Waals surface area contributed by atoms with Crippen LogP contribution < -0.4 is 0 Å². The lowest BCUT2D eigenvalue weighted by Crippen LogP contribution is -2.41. The maximum atomic E-state index is 12.1. The van der Waals surface area contributed by atoms with Crippen molar-refractivity contribution in [2.75, 3.05) is 6.61 Å². The van der Waals surface area contributed by atoms with Crippen molar-refractivity contribution in [3.63, 3.8) is 0 Å². The van der Waals surface area contributed by atoms with Crippen LogP contribution in [0.1, 0.15) is 68.3 Å². The molecule has 1 saturated heterocycles. The molecular formula is C19H25N3O2S. The number of rotatable bonds is 3. The summed E-state index contributed by atoms with van der Waals surface area (Å²) in [6, 6.07) is 2.28. The Bertz CT molecular complexity index is 808. The third-order valence-electron chi connectivity index (χ3n) is 5.42. The summed E-state index contributed by atoms with van der Waals surface area (Å²) in [6.07, 6.45) is 6.31. The standard InChI is InChI=1S/C19H25N3O2S/c1-12-20-15(10-22-18(23)24-11-19(22,2)3)14-9-16(25-17(14)21-12)13-7-5-4-6-8-13/h9,13H,4-8,10-11H2,1-3H3. The fourth-order valence-corrected chi connectivity index (χ4v) is 5.16. The number of hydrogen-bond donors (Lipinski definition) is 0. The predicted octanol–water partition coefficient (Wildman–Crippen LogP) is 4.78. The van der Waals surface area contributed by atoms with Crippen molar-refractivity contribution in [3.8, 4) is 0 Å². The Hall–Kier alpha value is -1.69. The topological polar surface area (TPSA) is 55.3 Å². The van der Waals surface area contributed by atoms with Crippen LogP contribution >= 0.6 is 11.3 Å². The predicted molar refractivity (Wildman–Crippen MR) is 98.9 cm³/mol. The number of thiophene rings is 1. The van der Waals surface area contributed by atoms with Gasteiger partial charge in [-0.05, 0) is 45.6 Å². The molecule has 2 aliphatic rings. The van der Waals surface area contributed by atoms with Crippen molar-refractivity contribution in [3.05, 3.63) is 22.5 Å². The van der Waals surface area contributed by atoms with Gasteiger partial charge in [-0.25, -0.2) is 14.8 Å². The Kier molecular flexibility index (Phi) is 4.18. The number of carbonyl (C=O) groups excluding carboxylic acids is 1. The first-order valence-electron chi connectivity index (χ1n) is 9.15. The summed E-state index contributed by atoms with van der Waals surface area (Å²) >= 11 is 1.80. The summed E-state index contributed by atoms with van der Waals surface area (Å²) in [6.45, 7) is 6.90. The third kappa shape index (κ3) is 3.12. The molecule has 134 valence electrons. The molecule has 25 heavy (non-hydrogen) atoms. The number of fused-ring (bicyclic) bond motifs is 1. The molecule has 1 aliphatic heterocycles. The van der Waals surface area contributed by atoms with E-state index in [0.717, 1.165) is 21.7 Å². The summed E-state index contributed by atoms with van der Waals surface area (Å²) in [4.78, 5) is 25.7. The van der Waals surface area contributed by atoms with Gasteiger partial charge in [0.1, 0.15) is 17.3 Å². The summed E-state index contributed by atoms with van der Waals surface area (Å²) in [5.41, 5.74) is 0.637. The minimum absolute atomic E-state index is 0.253. The largest absolute Gasteiger partial charge is 0.447 e. The second kappa shape index (κ2) is 6.24. The zero-order valence-corrected chi connectivity index (χ0v) is 16.0. The fraction of sp³-hybridized carbons (Fsp3) is 0.632. The molecule has 1 amide bonds. The van der Waals surface area contributed by atoms with Crippen molar-refractivity contribution < 1.29 is 9.53 Å². The molecule has 2 aromatic rings. The molecule has 0 spiro atoms. The van der Waals surface area contributed by atoms with E-state index in [0.29, 0.717) is 19.1 Å². The number of aryl methyl sites for hydroxylation is 1. The van der Waals surface area contributed by atoms with Crippen LogP contribution in [0.15, 0.2) is 6.07 Å². The van der Waals surface area contributed by atoms with Crippen molar-refractivity contribution in [2.24, 2.45) is 0 Å². The van der Waals surface area contributed by atoms with Gasteiger partial charge in [-0.3, -0.25) is 4.90 Å². The highest BCUT2D eigenvalue weighted by molar-refractivity contribution is 7.18. The lowest BCUT2D eigenvalue weighted by atomic mass is 9.88. The minimum Gasteiger partial charge on any atom is -0.447 e. The molecule has 1 saturated carbocycles. The SMILES string of the molecule is Cc1nc(CN2C(=O)OCC2(C)C)c2cc(C3CCCCC3)sc2n1. The Balaban J connectivity index is 1.70. The number of nitrogens with zero attached hydrogens (tertiary/aromatic N) is 3. The summed E-state index contributed by atoms with van der Waals surface area (Å²) in [5, 5.41) is 1.10. The average molecular weight is 359 g/mol. The Labute approximate surface area is 152 Å². The van der Waals surface area contributed by atoms with E-state index in [-0.39, 0.29) is 11.6 Å². The molecule has 0 atom stereocenters. The second-order valence-electron chi connectivity index (χ2n) is 7.87. The first kappa shape index (κ1) is 16.8. The lowest BCUT2D eigenvalue weighted by Gasteiger charge is -2.27. The van der Waals surface area contributed by atoms with Gasteiger partial charge < -0.3 is 4.74 Å². The molecule has 2 fully saturated rings. The molecule has 1 aliphatic carbocycles. The van der Waals surface area contributed by atoms with E-state index in [1.165, 1.54) is 37.0 Å². The molecule has 0 N–H and O–H groups in total. The first-order chi connectivity index (χ1) is 11.9. The van der Waals surface area contributed by atoms with Gasteiger partial charge >= 0.3 is 6.09 Å². The van der Waals surface area contributed by atoms with Gasteiger partial charge in [-0.2, -0.15) is 0 Å². The first-order valence-corrected chi connectivity index (χ1v) is 9.97. The molecule has 0 unspecified atom stereocenters. The molecule has 5 nitrogen and oxygen atoms in total. The maximum Gasteiger partial charge on any atom is 0.410 e. The van der Waals surface area contributed by atoms with Crippen LogP contribution in [0.5, 0.6) is 0 Å². The monoisotopic (exact) mass is 359 g/mol. The van der Waals surface area contributed by atoms with Crippen LogP contribution in [-0.2, 0) is 11.3 Å². The number of cyclic esters (lactones) is 1. The molecule has 4 rings (SSSR count). The Morgan fingerprint density at radius 3 is 2.72 bits per heavy atom. The third-order valence-corrected chi connectivity index (χ3v) is 6.61. The molecule has 2 aromatic heterocycles. The van der Waals surface area contributed by atoms with Gasteiger partial charge in [0.2, 0.25) is 0 Å². The van der Waals surface area contributed by atoms with Gasteiger partial charge in [-0.15, -0.1) is 11.3 Å². The van der Waals surface area contributed by atoms with Crippen LogP contribution in [0.25, 0.3) is 10.2 Å². The Morgan fingerprint density at radius 1 is 1.28 bits per heavy atom. The quantitative estimate of drug-likeness (QED) is 0.791. The maximum absolute atomic E-state index is 12.1. The van der Waals surface area contributed by atoms with Crippen LogP contribution in [-0.4, -0.2) is 33.1 Å². The van der Waals surface area contributed by atoms with E-state index < -0.39 is 0 Å². The van der Waals surface area contributed by atoms with Gasteiger partial charge in [0.25, 0.3) is 0 Å². The number of aromatic nitrogens is 2. The van der Waals surface area contributed by atoms with Crippen LogP contribution in [0.3, 0.4) is 0 Å². The van der Waals surface area contributed by atoms with Gasteiger partial charge in [0.05, 0.1) is 17.8 Å². The highest BCUT2D eigenvalue weighted by Crippen LogP contribution is 2.39. The van der Waals surface area contributed by atoms with E-state index in [2.05, 4.69) is 16.0 Å². The molecule has 0 radical (unpaired) electrons. The zero-order chi connectivity index (χ0) is 17.6. The van der Waals surface area contributed by atoms with Crippen LogP contribution in [0, 0.1) is 6.92 Å². The smallest absolute Gasteiger partial charge is 0.410 e. The normalized spacial score (nSPS) is 21.1. The fourth-order valence-electron chi connectivity index (χ4n) is 3.90. The molecule has 0 bridgehead atoms. The summed E-state index contributed by atoms with van der Waals surface area (Å²) < 4.78 is 5.24. The molecule has 6 heteroatoms. The number of hydrogen-bond acceptors (Lipinski definition) is 5. The van der Waals surface area contributed by atoms with Crippen molar-refractivity contribution in [1.82, 2.24) is 14.9 Å². The lowest BCUT2D eigenvalue weighted by molar-refractivity contribution is 0.152. The van der Waals surface area contributed by atoms with E-state index in [4.69, 9.17) is 4.74 Å². The Morgan fingerprint density at radius 2 is 2.04 bits per heavy atom. The summed E-state index contributed by atoms with van der Waals surface area (Å²) in [7, 11) is 0. The van der Waals surface area contributed by atoms with E-state index in [9.17, 15) is 4.79 Å². The van der Waals surface area contributed by atoms with Crippen LogP contribution in [0.4, 0.5) is 4.79 Å². The van der Waals surface area contributed by atoms with Crippen molar-refractivity contribution >= 4 is 27.6 Å². The molecule has 3 heterocycles. The summed E-state index contributed by atoms with van der Waals surface area (Å²) in [5.74, 6) is 1.43. The highest BCUT2D eigenvalue weighted by atomic mass is 32.1. The van der Waals surface area contributed by atoms with Crippen molar-refractivity contribution in [1.29, 1.82) is 0 Å². The second-order valence-corrected chi connectivity index (χ2v) is 8.94. The molecule has 0 aromatic carbocycles. The van der Waals surface area contributed by atoms with Crippen LogP contribution in [0.2, 0.25) is 0 Å². The van der Waals surface area contributed by atoms with Gasteiger partial charge in [0, 0.05) is 10.3 Å². The highest BCUT2D eigenvalue weighted by Gasteiger charge is 2.40.